The molecule has 0 bridgehead atoms. The van der Waals surface area contributed by atoms with Crippen molar-refractivity contribution in [1.82, 2.24) is 5.32 Å². The van der Waals surface area contributed by atoms with E-state index in [1.165, 1.54) is 30.0 Å². The van der Waals surface area contributed by atoms with E-state index < -0.39 is 10.8 Å². The van der Waals surface area contributed by atoms with Gasteiger partial charge in [-0.15, -0.1) is 11.8 Å². The first-order valence-corrected chi connectivity index (χ1v) is 8.70. The molecule has 2 aromatic rings. The van der Waals surface area contributed by atoms with Crippen LogP contribution in [0.1, 0.15) is 27.6 Å². The lowest BCUT2D eigenvalue weighted by Gasteiger charge is -2.09. The van der Waals surface area contributed by atoms with Crippen molar-refractivity contribution in [2.75, 3.05) is 18.1 Å². The molecule has 0 aliphatic rings. The van der Waals surface area contributed by atoms with E-state index >= 15 is 0 Å². The van der Waals surface area contributed by atoms with Crippen LogP contribution in [0.15, 0.2) is 47.4 Å². The molecule has 2 rings (SSSR count). The summed E-state index contributed by atoms with van der Waals surface area (Å²) in [5.41, 5.74) is 0.486. The number of rotatable bonds is 6. The fourth-order valence-corrected chi connectivity index (χ4v) is 2.62. The van der Waals surface area contributed by atoms with Crippen molar-refractivity contribution in [3.05, 3.63) is 63.7 Å². The quantitative estimate of drug-likeness (QED) is 0.468. The minimum Gasteiger partial charge on any atom is -0.352 e. The Hall–Kier alpha value is -2.87. The van der Waals surface area contributed by atoms with Gasteiger partial charge in [0.15, 0.2) is 0 Å². The summed E-state index contributed by atoms with van der Waals surface area (Å²) in [6.45, 7) is 2.30. The number of thioether (sulfide) groups is 1. The van der Waals surface area contributed by atoms with E-state index in [-0.39, 0.29) is 17.2 Å². The van der Waals surface area contributed by atoms with Crippen molar-refractivity contribution in [1.29, 1.82) is 0 Å². The van der Waals surface area contributed by atoms with Gasteiger partial charge in [0.2, 0.25) is 0 Å². The van der Waals surface area contributed by atoms with E-state index in [9.17, 15) is 19.7 Å². The van der Waals surface area contributed by atoms with Crippen molar-refractivity contribution >= 4 is 35.0 Å². The number of nitrogens with zero attached hydrogens (tertiary/aromatic N) is 1. The van der Waals surface area contributed by atoms with Crippen molar-refractivity contribution in [2.45, 2.75) is 11.8 Å². The highest BCUT2D eigenvalue weighted by molar-refractivity contribution is 7.98. The van der Waals surface area contributed by atoms with Crippen LogP contribution >= 0.6 is 11.8 Å². The largest absolute Gasteiger partial charge is 0.352 e. The highest BCUT2D eigenvalue weighted by Crippen LogP contribution is 2.25. The number of nitrogens with one attached hydrogen (secondary N) is 2. The highest BCUT2D eigenvalue weighted by Gasteiger charge is 2.21. The monoisotopic (exact) mass is 359 g/mol. The van der Waals surface area contributed by atoms with Crippen molar-refractivity contribution in [2.24, 2.45) is 0 Å². The smallest absolute Gasteiger partial charge is 0.282 e. The Morgan fingerprint density at radius 3 is 2.56 bits per heavy atom. The molecule has 0 saturated carbocycles. The first-order chi connectivity index (χ1) is 12.0. The van der Waals surface area contributed by atoms with Crippen LogP contribution < -0.4 is 10.6 Å². The normalized spacial score (nSPS) is 10.2. The zero-order valence-electron chi connectivity index (χ0n) is 13.7. The number of carbonyl (C=O) groups is 2. The molecule has 0 aliphatic heterocycles. The molecule has 0 heterocycles. The Kier molecular flexibility index (Phi) is 6.13. The molecular formula is C17H17N3O4S. The minimum absolute atomic E-state index is 0.0275. The summed E-state index contributed by atoms with van der Waals surface area (Å²) in [5, 5.41) is 16.4. The maximum atomic E-state index is 12.5. The summed E-state index contributed by atoms with van der Waals surface area (Å²) in [6.07, 6.45) is 1.82. The first kappa shape index (κ1) is 18.5. The van der Waals surface area contributed by atoms with Gasteiger partial charge in [-0.2, -0.15) is 0 Å². The Labute approximate surface area is 149 Å². The molecule has 25 heavy (non-hydrogen) atoms. The number of benzene rings is 2. The number of nitro benzene ring substituents is 1. The zero-order chi connectivity index (χ0) is 18.4. The molecule has 130 valence electrons. The number of amides is 2. The van der Waals surface area contributed by atoms with Gasteiger partial charge in [-0.1, -0.05) is 6.07 Å². The van der Waals surface area contributed by atoms with Gasteiger partial charge in [-0.3, -0.25) is 19.7 Å². The maximum absolute atomic E-state index is 12.5. The van der Waals surface area contributed by atoms with Crippen LogP contribution in [0.4, 0.5) is 11.4 Å². The molecule has 0 unspecified atom stereocenters. The fourth-order valence-electron chi connectivity index (χ4n) is 2.18. The number of anilines is 1. The molecule has 0 spiro atoms. The molecule has 0 saturated heterocycles. The van der Waals surface area contributed by atoms with Gasteiger partial charge < -0.3 is 10.6 Å². The third kappa shape index (κ3) is 4.57. The molecule has 0 aromatic heterocycles. The van der Waals surface area contributed by atoms with Crippen LogP contribution in [-0.2, 0) is 0 Å². The van der Waals surface area contributed by atoms with Crippen molar-refractivity contribution < 1.29 is 14.5 Å². The third-order valence-electron chi connectivity index (χ3n) is 3.37. The van der Waals surface area contributed by atoms with Crippen LogP contribution in [-0.4, -0.2) is 29.5 Å². The lowest BCUT2D eigenvalue weighted by molar-refractivity contribution is -0.385. The minimum atomic E-state index is -0.601. The second-order valence-corrected chi connectivity index (χ2v) is 5.91. The predicted octanol–water partition coefficient (Wildman–Crippen LogP) is 3.32. The van der Waals surface area contributed by atoms with E-state index in [0.717, 1.165) is 4.90 Å². The van der Waals surface area contributed by atoms with Crippen LogP contribution in [0.5, 0.6) is 0 Å². The summed E-state index contributed by atoms with van der Waals surface area (Å²) in [5.74, 6) is -0.857. The molecule has 7 nitrogen and oxygen atoms in total. The standard InChI is InChI=1S/C17H17N3O4S/c1-3-18-16(21)11-5-4-6-12(9-11)19-17(22)14-10-13(25-2)7-8-15(14)20(23)24/h4-10H,3H2,1-2H3,(H,18,21)(H,19,22). The molecule has 2 aromatic carbocycles. The van der Waals surface area contributed by atoms with Gasteiger partial charge in [0.05, 0.1) is 4.92 Å². The molecule has 2 amide bonds. The van der Waals surface area contributed by atoms with Gasteiger partial charge in [-0.05, 0) is 43.5 Å². The lowest BCUT2D eigenvalue weighted by atomic mass is 10.1. The number of hydrogen-bond donors (Lipinski definition) is 2. The van der Waals surface area contributed by atoms with Crippen LogP contribution in [0.2, 0.25) is 0 Å². The third-order valence-corrected chi connectivity index (χ3v) is 4.09. The number of carbonyl (C=O) groups excluding carboxylic acids is 2. The Balaban J connectivity index is 2.29. The zero-order valence-corrected chi connectivity index (χ0v) is 14.6. The number of hydrogen-bond acceptors (Lipinski definition) is 5. The van der Waals surface area contributed by atoms with Crippen LogP contribution in [0, 0.1) is 10.1 Å². The molecule has 0 radical (unpaired) electrons. The molecule has 2 N–H and O–H groups in total. The van der Waals surface area contributed by atoms with Crippen LogP contribution in [0.3, 0.4) is 0 Å². The topological polar surface area (TPSA) is 101 Å². The summed E-state index contributed by atoms with van der Waals surface area (Å²) >= 11 is 1.38. The summed E-state index contributed by atoms with van der Waals surface area (Å²) in [6, 6.07) is 10.8. The lowest BCUT2D eigenvalue weighted by Crippen LogP contribution is -2.22. The van der Waals surface area contributed by atoms with Gasteiger partial charge in [0, 0.05) is 28.8 Å². The SMILES string of the molecule is CCNC(=O)c1cccc(NC(=O)c2cc(SC)ccc2[N+](=O)[O-])c1. The molecule has 0 fully saturated rings. The van der Waals surface area contributed by atoms with E-state index in [0.29, 0.717) is 17.8 Å². The summed E-state index contributed by atoms with van der Waals surface area (Å²) in [7, 11) is 0. The van der Waals surface area contributed by atoms with Gasteiger partial charge in [-0.25, -0.2) is 0 Å². The highest BCUT2D eigenvalue weighted by atomic mass is 32.2. The van der Waals surface area contributed by atoms with Crippen molar-refractivity contribution in [3.8, 4) is 0 Å². The number of nitro groups is 1. The average Bonchev–Trinajstić information content (AvgIpc) is 2.61. The van der Waals surface area contributed by atoms with Crippen LogP contribution in [0.25, 0.3) is 0 Å². The van der Waals surface area contributed by atoms with E-state index in [4.69, 9.17) is 0 Å². The Morgan fingerprint density at radius 2 is 1.92 bits per heavy atom. The van der Waals surface area contributed by atoms with Crippen molar-refractivity contribution in [3.63, 3.8) is 0 Å². The second kappa shape index (κ2) is 8.29. The Bertz CT molecular complexity index is 823. The fraction of sp³-hybridized carbons (Fsp3) is 0.176. The second-order valence-electron chi connectivity index (χ2n) is 5.03. The van der Waals surface area contributed by atoms with E-state index in [2.05, 4.69) is 10.6 Å². The molecule has 0 aliphatic carbocycles. The van der Waals surface area contributed by atoms with Gasteiger partial charge >= 0.3 is 0 Å². The van der Waals surface area contributed by atoms with E-state index in [1.807, 2.05) is 6.26 Å². The predicted molar refractivity (Wildman–Crippen MR) is 97.3 cm³/mol. The molecule has 8 heteroatoms. The maximum Gasteiger partial charge on any atom is 0.282 e. The van der Waals surface area contributed by atoms with Gasteiger partial charge in [0.1, 0.15) is 5.56 Å². The first-order valence-electron chi connectivity index (χ1n) is 7.48. The molecule has 0 atom stereocenters. The average molecular weight is 359 g/mol. The Morgan fingerprint density at radius 1 is 1.16 bits per heavy atom. The summed E-state index contributed by atoms with van der Waals surface area (Å²) in [4.78, 5) is 35.7. The van der Waals surface area contributed by atoms with Gasteiger partial charge in [0.25, 0.3) is 17.5 Å². The van der Waals surface area contributed by atoms with E-state index in [1.54, 1.807) is 31.2 Å². The summed E-state index contributed by atoms with van der Waals surface area (Å²) < 4.78 is 0. The molecular weight excluding hydrogens is 342 g/mol.